The lowest BCUT2D eigenvalue weighted by molar-refractivity contribution is 0.709. The quantitative estimate of drug-likeness (QED) is 0.816. The van der Waals surface area contributed by atoms with Crippen molar-refractivity contribution < 1.29 is 0 Å². The van der Waals surface area contributed by atoms with E-state index in [2.05, 4.69) is 0 Å². The predicted molar refractivity (Wildman–Crippen MR) is 72.7 cm³/mol. The number of pyridine rings is 1. The first-order valence-electron chi connectivity index (χ1n) is 6.30. The highest BCUT2D eigenvalue weighted by molar-refractivity contribution is 5.46. The average molecular weight is 240 g/mol. The number of rotatable bonds is 2. The molecule has 3 heteroatoms. The van der Waals surface area contributed by atoms with Crippen molar-refractivity contribution in [1.82, 2.24) is 4.57 Å². The van der Waals surface area contributed by atoms with Gasteiger partial charge in [0.15, 0.2) is 0 Å². The molecule has 1 aromatic heterocycles. The summed E-state index contributed by atoms with van der Waals surface area (Å²) < 4.78 is 1.87. The molecule has 0 fully saturated rings. The fraction of sp³-hybridized carbons (Fsp3) is 0.267. The van der Waals surface area contributed by atoms with Gasteiger partial charge in [0.1, 0.15) is 0 Å². The predicted octanol–water partition coefficient (Wildman–Crippen LogP) is 1.97. The van der Waals surface area contributed by atoms with Gasteiger partial charge in [0.25, 0.3) is 5.56 Å². The standard InChI is InChI=1S/C15H16N2O/c16-13-6-2-1-4-12(13)10-17-14-7-3-5-11(14)8-9-15(17)18/h1-2,4,6,8-9H,3,5,7,10,16H2. The molecule has 0 bridgehead atoms. The van der Waals surface area contributed by atoms with E-state index in [4.69, 9.17) is 5.73 Å². The minimum Gasteiger partial charge on any atom is -0.398 e. The van der Waals surface area contributed by atoms with Gasteiger partial charge >= 0.3 is 0 Å². The second kappa shape index (κ2) is 4.33. The van der Waals surface area contributed by atoms with Crippen LogP contribution in [0.4, 0.5) is 5.69 Å². The number of hydrogen-bond donors (Lipinski definition) is 1. The number of nitrogens with two attached hydrogens (primary N) is 1. The minimum atomic E-state index is 0.0684. The number of benzene rings is 1. The third-order valence-corrected chi connectivity index (χ3v) is 3.63. The maximum atomic E-state index is 12.0. The zero-order chi connectivity index (χ0) is 12.5. The smallest absolute Gasteiger partial charge is 0.251 e. The molecule has 0 spiro atoms. The number of aryl methyl sites for hydroxylation is 1. The lowest BCUT2D eigenvalue weighted by Crippen LogP contribution is -2.23. The number of fused-ring (bicyclic) bond motifs is 1. The van der Waals surface area contributed by atoms with Crippen molar-refractivity contribution in [2.75, 3.05) is 5.73 Å². The number of nitrogens with zero attached hydrogens (tertiary/aromatic N) is 1. The second-order valence-corrected chi connectivity index (χ2v) is 4.78. The van der Waals surface area contributed by atoms with Gasteiger partial charge in [0.2, 0.25) is 0 Å². The van der Waals surface area contributed by atoms with Crippen LogP contribution >= 0.6 is 0 Å². The molecule has 0 atom stereocenters. The summed E-state index contributed by atoms with van der Waals surface area (Å²) in [5, 5.41) is 0. The molecule has 0 aliphatic heterocycles. The van der Waals surface area contributed by atoms with Crippen LogP contribution in [0.5, 0.6) is 0 Å². The van der Waals surface area contributed by atoms with Gasteiger partial charge in [0.05, 0.1) is 6.54 Å². The molecule has 0 saturated carbocycles. The molecule has 92 valence electrons. The van der Waals surface area contributed by atoms with Gasteiger partial charge in [0, 0.05) is 17.4 Å². The number of hydrogen-bond acceptors (Lipinski definition) is 2. The molecule has 0 radical (unpaired) electrons. The first-order valence-corrected chi connectivity index (χ1v) is 6.30. The molecule has 2 N–H and O–H groups in total. The Labute approximate surface area is 106 Å². The van der Waals surface area contributed by atoms with Crippen LogP contribution in [0, 0.1) is 0 Å². The van der Waals surface area contributed by atoms with Gasteiger partial charge in [-0.15, -0.1) is 0 Å². The van der Waals surface area contributed by atoms with E-state index in [1.807, 2.05) is 34.9 Å². The van der Waals surface area contributed by atoms with E-state index >= 15 is 0 Å². The Hall–Kier alpha value is -2.03. The first kappa shape index (κ1) is 11.1. The van der Waals surface area contributed by atoms with Gasteiger partial charge in [-0.2, -0.15) is 0 Å². The van der Waals surface area contributed by atoms with Crippen LogP contribution < -0.4 is 11.3 Å². The van der Waals surface area contributed by atoms with Crippen molar-refractivity contribution in [2.45, 2.75) is 25.8 Å². The van der Waals surface area contributed by atoms with E-state index in [1.165, 1.54) is 11.3 Å². The van der Waals surface area contributed by atoms with Gasteiger partial charge in [-0.3, -0.25) is 4.79 Å². The van der Waals surface area contributed by atoms with Crippen LogP contribution in [0.2, 0.25) is 0 Å². The van der Waals surface area contributed by atoms with Gasteiger partial charge in [-0.1, -0.05) is 24.3 Å². The topological polar surface area (TPSA) is 48.0 Å². The fourth-order valence-corrected chi connectivity index (χ4v) is 2.66. The largest absolute Gasteiger partial charge is 0.398 e. The zero-order valence-corrected chi connectivity index (χ0v) is 10.2. The summed E-state index contributed by atoms with van der Waals surface area (Å²) in [6.45, 7) is 0.578. The molecule has 0 amide bonds. The molecule has 0 unspecified atom stereocenters. The Morgan fingerprint density at radius 2 is 1.94 bits per heavy atom. The van der Waals surface area contributed by atoms with E-state index in [-0.39, 0.29) is 5.56 Å². The molecule has 18 heavy (non-hydrogen) atoms. The molecular formula is C15H16N2O. The molecule has 0 saturated heterocycles. The van der Waals surface area contributed by atoms with Crippen molar-refractivity contribution in [3.05, 3.63) is 63.6 Å². The van der Waals surface area contributed by atoms with Crippen molar-refractivity contribution in [2.24, 2.45) is 0 Å². The number of aromatic nitrogens is 1. The van der Waals surface area contributed by atoms with Gasteiger partial charge < -0.3 is 10.3 Å². The first-order chi connectivity index (χ1) is 8.75. The Balaban J connectivity index is 2.06. The van der Waals surface area contributed by atoms with Crippen LogP contribution in [-0.4, -0.2) is 4.57 Å². The molecule has 2 aromatic rings. The molecule has 3 nitrogen and oxygen atoms in total. The third kappa shape index (κ3) is 1.82. The van der Waals surface area contributed by atoms with Crippen molar-refractivity contribution in [3.8, 4) is 0 Å². The Bertz CT molecular complexity index is 643. The molecule has 1 heterocycles. The maximum Gasteiger partial charge on any atom is 0.251 e. The average Bonchev–Trinajstić information content (AvgIpc) is 2.83. The number of nitrogen functional groups attached to an aromatic ring is 1. The summed E-state index contributed by atoms with van der Waals surface area (Å²) in [4.78, 5) is 12.0. The second-order valence-electron chi connectivity index (χ2n) is 4.78. The summed E-state index contributed by atoms with van der Waals surface area (Å²) in [7, 11) is 0. The van der Waals surface area contributed by atoms with Gasteiger partial charge in [-0.05, 0) is 36.5 Å². The third-order valence-electron chi connectivity index (χ3n) is 3.63. The Kier molecular flexibility index (Phi) is 2.67. The maximum absolute atomic E-state index is 12.0. The van der Waals surface area contributed by atoms with Crippen LogP contribution in [0.15, 0.2) is 41.2 Å². The van der Waals surface area contributed by atoms with Crippen LogP contribution in [0.1, 0.15) is 23.2 Å². The fourth-order valence-electron chi connectivity index (χ4n) is 2.66. The molecule has 1 aliphatic rings. The normalized spacial score (nSPS) is 13.6. The van der Waals surface area contributed by atoms with E-state index < -0.39 is 0 Å². The van der Waals surface area contributed by atoms with Crippen LogP contribution in [0.25, 0.3) is 0 Å². The lowest BCUT2D eigenvalue weighted by atomic mass is 10.1. The van der Waals surface area contributed by atoms with Gasteiger partial charge in [-0.25, -0.2) is 0 Å². The summed E-state index contributed by atoms with van der Waals surface area (Å²) in [6.07, 6.45) is 3.22. The summed E-state index contributed by atoms with van der Waals surface area (Å²) in [5.41, 5.74) is 10.3. The zero-order valence-electron chi connectivity index (χ0n) is 10.2. The highest BCUT2D eigenvalue weighted by atomic mass is 16.1. The van der Waals surface area contributed by atoms with Crippen LogP contribution in [-0.2, 0) is 19.4 Å². The van der Waals surface area contributed by atoms with E-state index in [0.29, 0.717) is 6.54 Å². The monoisotopic (exact) mass is 240 g/mol. The van der Waals surface area contributed by atoms with E-state index in [9.17, 15) is 4.79 Å². The van der Waals surface area contributed by atoms with Crippen molar-refractivity contribution >= 4 is 5.69 Å². The minimum absolute atomic E-state index is 0.0684. The molecule has 1 aliphatic carbocycles. The van der Waals surface area contributed by atoms with E-state index in [1.54, 1.807) is 6.07 Å². The summed E-state index contributed by atoms with van der Waals surface area (Å²) >= 11 is 0. The lowest BCUT2D eigenvalue weighted by Gasteiger charge is -2.13. The molecular weight excluding hydrogens is 224 g/mol. The summed E-state index contributed by atoms with van der Waals surface area (Å²) in [5.74, 6) is 0. The van der Waals surface area contributed by atoms with Crippen molar-refractivity contribution in [1.29, 1.82) is 0 Å². The highest BCUT2D eigenvalue weighted by Crippen LogP contribution is 2.21. The number of anilines is 1. The molecule has 1 aromatic carbocycles. The van der Waals surface area contributed by atoms with Crippen molar-refractivity contribution in [3.63, 3.8) is 0 Å². The highest BCUT2D eigenvalue weighted by Gasteiger charge is 2.16. The summed E-state index contributed by atoms with van der Waals surface area (Å²) in [6, 6.07) is 11.4. The molecule has 3 rings (SSSR count). The SMILES string of the molecule is Nc1ccccc1Cn1c2c(ccc1=O)CCC2. The van der Waals surface area contributed by atoms with Crippen LogP contribution in [0.3, 0.4) is 0 Å². The Morgan fingerprint density at radius 3 is 2.78 bits per heavy atom. The van der Waals surface area contributed by atoms with E-state index in [0.717, 1.165) is 30.5 Å². The number of para-hydroxylation sites is 1. The Morgan fingerprint density at radius 1 is 1.11 bits per heavy atom.